The van der Waals surface area contributed by atoms with Crippen molar-refractivity contribution in [3.63, 3.8) is 0 Å². The second kappa shape index (κ2) is 11.5. The normalized spacial score (nSPS) is 25.0. The number of fused-ring (bicyclic) bond motifs is 1. The molecule has 13 heteroatoms. The van der Waals surface area contributed by atoms with Crippen molar-refractivity contribution in [2.45, 2.75) is 38.8 Å². The molecule has 0 amide bonds. The minimum Gasteiger partial charge on any atom is -0.481 e. The van der Waals surface area contributed by atoms with Crippen LogP contribution in [0.4, 0.5) is 13.2 Å². The zero-order valence-electron chi connectivity index (χ0n) is 22.9. The van der Waals surface area contributed by atoms with Gasteiger partial charge in [-0.1, -0.05) is 19.1 Å². The number of carbonyl (C=O) groups excluding carboxylic acids is 1. The van der Waals surface area contributed by atoms with E-state index in [-0.39, 0.29) is 38.4 Å². The molecular formula is C28H32F3N5O4S. The summed E-state index contributed by atoms with van der Waals surface area (Å²) in [5, 5.41) is 14.8. The van der Waals surface area contributed by atoms with E-state index in [0.29, 0.717) is 27.7 Å². The fourth-order valence-corrected chi connectivity index (χ4v) is 6.50. The molecule has 4 heterocycles. The Morgan fingerprint density at radius 3 is 2.78 bits per heavy atom. The molecule has 2 N–H and O–H groups in total. The van der Waals surface area contributed by atoms with Crippen molar-refractivity contribution in [1.82, 2.24) is 20.1 Å². The molecule has 0 saturated carbocycles. The third kappa shape index (κ3) is 5.75. The molecule has 0 radical (unpaired) electrons. The minimum absolute atomic E-state index is 0.0392. The molecule has 9 nitrogen and oxygen atoms in total. The number of halogens is 3. The Labute approximate surface area is 239 Å². The zero-order valence-corrected chi connectivity index (χ0v) is 23.8. The Balaban J connectivity index is 1.54. The van der Waals surface area contributed by atoms with Crippen LogP contribution in [0.3, 0.4) is 0 Å². The highest BCUT2D eigenvalue weighted by Gasteiger charge is 2.58. The van der Waals surface area contributed by atoms with Gasteiger partial charge in [-0.25, -0.2) is 22.9 Å². The second-order valence-electron chi connectivity index (χ2n) is 10.7. The number of esters is 1. The van der Waals surface area contributed by atoms with Crippen molar-refractivity contribution >= 4 is 29.1 Å². The third-order valence-electron chi connectivity index (χ3n) is 7.97. The number of carboxylic acids is 1. The first-order valence-corrected chi connectivity index (χ1v) is 14.3. The molecule has 4 atom stereocenters. The van der Waals surface area contributed by atoms with Crippen LogP contribution in [0.2, 0.25) is 0 Å². The number of aliphatic imine (C=N–C) groups is 1. The highest BCUT2D eigenvalue weighted by atomic mass is 32.1. The molecule has 2 aromatic rings. The Hall–Kier alpha value is -3.29. The summed E-state index contributed by atoms with van der Waals surface area (Å²) in [4.78, 5) is 37.3. The monoisotopic (exact) mass is 591 g/mol. The van der Waals surface area contributed by atoms with Gasteiger partial charge in [-0.05, 0) is 31.0 Å². The number of alkyl halides is 2. The summed E-state index contributed by atoms with van der Waals surface area (Å²) < 4.78 is 50.7. The summed E-state index contributed by atoms with van der Waals surface area (Å²) in [5.74, 6) is -6.43. The molecule has 3 aliphatic heterocycles. The van der Waals surface area contributed by atoms with Crippen LogP contribution in [0.15, 0.2) is 46.0 Å². The number of benzene rings is 1. The zero-order chi connectivity index (χ0) is 29.5. The van der Waals surface area contributed by atoms with Crippen LogP contribution in [-0.2, 0) is 14.3 Å². The number of likely N-dealkylation sites (tertiary alicyclic amines) is 2. The topological polar surface area (TPSA) is 107 Å². The van der Waals surface area contributed by atoms with E-state index < -0.39 is 54.1 Å². The van der Waals surface area contributed by atoms with Gasteiger partial charge in [0, 0.05) is 49.5 Å². The van der Waals surface area contributed by atoms with Gasteiger partial charge in [-0.3, -0.25) is 14.7 Å². The molecular weight excluding hydrogens is 559 g/mol. The van der Waals surface area contributed by atoms with Crippen LogP contribution in [-0.4, -0.2) is 89.0 Å². The predicted octanol–water partition coefficient (Wildman–Crippen LogP) is 3.47. The van der Waals surface area contributed by atoms with Crippen molar-refractivity contribution < 1.29 is 32.6 Å². The minimum atomic E-state index is -3.00. The number of thiazole rings is 1. The summed E-state index contributed by atoms with van der Waals surface area (Å²) in [5.41, 5.74) is 1.24. The predicted molar refractivity (Wildman–Crippen MR) is 146 cm³/mol. The van der Waals surface area contributed by atoms with Crippen LogP contribution in [0.25, 0.3) is 0 Å². The first-order chi connectivity index (χ1) is 19.5. The number of nitrogens with zero attached hydrogens (tertiary/aromatic N) is 4. The van der Waals surface area contributed by atoms with Gasteiger partial charge in [-0.2, -0.15) is 0 Å². The Morgan fingerprint density at radius 2 is 2.10 bits per heavy atom. The van der Waals surface area contributed by atoms with Crippen LogP contribution in [0.1, 0.15) is 36.0 Å². The van der Waals surface area contributed by atoms with E-state index >= 15 is 8.78 Å². The van der Waals surface area contributed by atoms with Gasteiger partial charge in [-0.15, -0.1) is 11.3 Å². The van der Waals surface area contributed by atoms with E-state index in [1.165, 1.54) is 23.5 Å². The van der Waals surface area contributed by atoms with Gasteiger partial charge in [0.15, 0.2) is 10.8 Å². The number of rotatable bonds is 9. The summed E-state index contributed by atoms with van der Waals surface area (Å²) in [6.45, 7) is 4.88. The average molecular weight is 592 g/mol. The first-order valence-electron chi connectivity index (χ1n) is 13.5. The molecule has 0 unspecified atom stereocenters. The summed E-state index contributed by atoms with van der Waals surface area (Å²) in [6.07, 6.45) is 1.60. The van der Waals surface area contributed by atoms with Crippen molar-refractivity contribution in [3.8, 4) is 0 Å². The van der Waals surface area contributed by atoms with Crippen molar-refractivity contribution in [1.29, 1.82) is 0 Å². The molecule has 0 aliphatic carbocycles. The van der Waals surface area contributed by atoms with Gasteiger partial charge in [0.2, 0.25) is 0 Å². The van der Waals surface area contributed by atoms with Crippen molar-refractivity contribution in [2.24, 2.45) is 16.8 Å². The van der Waals surface area contributed by atoms with Crippen LogP contribution < -0.4 is 5.32 Å². The maximum absolute atomic E-state index is 15.3. The van der Waals surface area contributed by atoms with Crippen molar-refractivity contribution in [2.75, 3.05) is 39.3 Å². The highest BCUT2D eigenvalue weighted by molar-refractivity contribution is 7.11. The Bertz CT molecular complexity index is 1380. The van der Waals surface area contributed by atoms with Gasteiger partial charge >= 0.3 is 11.9 Å². The number of ether oxygens (including phenoxy) is 1. The third-order valence-corrected chi connectivity index (χ3v) is 8.75. The highest BCUT2D eigenvalue weighted by Crippen LogP contribution is 2.43. The molecule has 3 aliphatic rings. The molecule has 2 saturated heterocycles. The Kier molecular flexibility index (Phi) is 8.22. The smallest absolute Gasteiger partial charge is 0.338 e. The van der Waals surface area contributed by atoms with Crippen LogP contribution in [0.5, 0.6) is 0 Å². The fraction of sp³-hybridized carbons (Fsp3) is 0.500. The molecule has 41 heavy (non-hydrogen) atoms. The number of hydrogen-bond donors (Lipinski definition) is 2. The molecule has 2 fully saturated rings. The Morgan fingerprint density at radius 1 is 1.32 bits per heavy atom. The molecule has 1 aromatic carbocycles. The summed E-state index contributed by atoms with van der Waals surface area (Å²) in [6, 6.07) is 3.05. The number of amidine groups is 1. The average Bonchev–Trinajstić information content (AvgIpc) is 3.64. The van der Waals surface area contributed by atoms with Gasteiger partial charge in [0.05, 0.1) is 30.6 Å². The number of carbonyl (C=O) groups is 2. The molecule has 5 rings (SSSR count). The van der Waals surface area contributed by atoms with E-state index in [1.807, 2.05) is 0 Å². The van der Waals surface area contributed by atoms with Crippen LogP contribution >= 0.6 is 11.3 Å². The first kappa shape index (κ1) is 29.2. The number of hydrogen-bond acceptors (Lipinski definition) is 9. The quantitative estimate of drug-likeness (QED) is 0.427. The SMILES string of the molecule is CCOC(=O)C1=C(CN2CC(F)(F)[C@H]3CN(C[C@H](C)C(=O)O)C[C@H]32)NC(c2nccs2)=N[C@H]1c1cccc(F)c1C. The van der Waals surface area contributed by atoms with E-state index in [4.69, 9.17) is 9.73 Å². The lowest BCUT2D eigenvalue weighted by atomic mass is 9.92. The summed E-state index contributed by atoms with van der Waals surface area (Å²) in [7, 11) is 0. The van der Waals surface area contributed by atoms with E-state index in [0.717, 1.165) is 0 Å². The standard InChI is InChI=1S/C28H32F3N5O4S/c1-4-40-27(39)22-20(12-36-14-28(30,31)18-11-35(13-21(18)36)10-15(2)26(37)38)33-24(25-32-8-9-41-25)34-23(22)17-6-5-7-19(29)16(17)3/h5-9,15,18,21,23H,4,10-14H2,1-3H3,(H,33,34)(H,37,38)/t15-,18-,21+,23-/m0/s1. The van der Waals surface area contributed by atoms with Crippen molar-refractivity contribution in [3.05, 3.63) is 63.0 Å². The number of aromatic nitrogens is 1. The summed E-state index contributed by atoms with van der Waals surface area (Å²) >= 11 is 1.32. The van der Waals surface area contributed by atoms with Gasteiger partial charge in [0.25, 0.3) is 5.92 Å². The number of nitrogens with one attached hydrogen (secondary N) is 1. The molecule has 1 aromatic heterocycles. The molecule has 0 bridgehead atoms. The van der Waals surface area contributed by atoms with E-state index in [2.05, 4.69) is 10.3 Å². The lowest BCUT2D eigenvalue weighted by Gasteiger charge is -2.32. The van der Waals surface area contributed by atoms with Gasteiger partial charge < -0.3 is 20.1 Å². The largest absolute Gasteiger partial charge is 0.481 e. The lowest BCUT2D eigenvalue weighted by molar-refractivity contribution is -0.142. The lowest BCUT2D eigenvalue weighted by Crippen LogP contribution is -2.43. The van der Waals surface area contributed by atoms with Gasteiger partial charge in [0.1, 0.15) is 11.9 Å². The molecule has 220 valence electrons. The maximum atomic E-state index is 15.3. The number of carboxylic acid groups (broad SMARTS) is 1. The van der Waals surface area contributed by atoms with Crippen LogP contribution in [0, 0.1) is 24.6 Å². The second-order valence-corrected chi connectivity index (χ2v) is 11.6. The fourth-order valence-electron chi connectivity index (χ4n) is 5.91. The van der Waals surface area contributed by atoms with E-state index in [1.54, 1.807) is 48.2 Å². The maximum Gasteiger partial charge on any atom is 0.338 e. The van der Waals surface area contributed by atoms with E-state index in [9.17, 15) is 19.1 Å². The number of aliphatic carboxylic acids is 1. The molecule has 0 spiro atoms.